The van der Waals surface area contributed by atoms with Crippen LogP contribution >= 0.6 is 15.9 Å². The highest BCUT2D eigenvalue weighted by molar-refractivity contribution is 9.10. The molecule has 0 aliphatic carbocycles. The van der Waals surface area contributed by atoms with Crippen LogP contribution in [0, 0.1) is 17.0 Å². The maximum atomic E-state index is 11.0. The molecule has 2 unspecified atom stereocenters. The van der Waals surface area contributed by atoms with Gasteiger partial charge >= 0.3 is 0 Å². The van der Waals surface area contributed by atoms with Crippen LogP contribution in [0.25, 0.3) is 0 Å². The van der Waals surface area contributed by atoms with E-state index in [0.29, 0.717) is 21.6 Å². The Balaban J connectivity index is 2.82. The maximum absolute atomic E-state index is 11.0. The van der Waals surface area contributed by atoms with Gasteiger partial charge in [-0.3, -0.25) is 14.3 Å². The Kier molecular flexibility index (Phi) is 5.86. The van der Waals surface area contributed by atoms with E-state index in [1.807, 2.05) is 6.92 Å². The molecule has 0 fully saturated rings. The summed E-state index contributed by atoms with van der Waals surface area (Å²) < 4.78 is 11.6. The number of hydrogen-bond donors (Lipinski definition) is 1. The number of hydrogen-bond acceptors (Lipinski definition) is 5. The zero-order valence-electron chi connectivity index (χ0n) is 11.0. The average molecular weight is 350 g/mol. The van der Waals surface area contributed by atoms with E-state index in [1.54, 1.807) is 13.2 Å². The van der Waals surface area contributed by atoms with Crippen LogP contribution in [0.3, 0.4) is 0 Å². The van der Waals surface area contributed by atoms with Gasteiger partial charge in [0.05, 0.1) is 9.40 Å². The molecule has 1 aromatic rings. The molecule has 6 nitrogen and oxygen atoms in total. The van der Waals surface area contributed by atoms with Gasteiger partial charge in [0.2, 0.25) is 0 Å². The van der Waals surface area contributed by atoms with Gasteiger partial charge in [-0.05, 0) is 36.2 Å². The van der Waals surface area contributed by atoms with Crippen molar-refractivity contribution in [2.45, 2.75) is 26.3 Å². The molecule has 0 bridgehead atoms. The topological polar surface area (TPSA) is 85.1 Å². The Morgan fingerprint density at radius 3 is 2.79 bits per heavy atom. The van der Waals surface area contributed by atoms with Crippen LogP contribution in [0.15, 0.2) is 10.7 Å². The highest BCUT2D eigenvalue weighted by Gasteiger charge is 2.18. The second-order valence-electron chi connectivity index (χ2n) is 4.30. The van der Waals surface area contributed by atoms with Crippen LogP contribution in [0.4, 0.5) is 11.5 Å². The molecule has 8 heteroatoms. The number of rotatable bonds is 6. The standard InChI is InChI=1S/C11H16BrN3O3S/c1-7(4-5-19(3)18)14-11-10(12)8(2)9(6-13-11)15(16)17/h6-7H,4-5H2,1-3H3,(H,13,14). The van der Waals surface area contributed by atoms with Gasteiger partial charge < -0.3 is 5.32 Å². The van der Waals surface area contributed by atoms with Gasteiger partial charge in [0.15, 0.2) is 0 Å². The molecule has 2 atom stereocenters. The van der Waals surface area contributed by atoms with E-state index in [-0.39, 0.29) is 11.7 Å². The summed E-state index contributed by atoms with van der Waals surface area (Å²) in [6.45, 7) is 3.62. The number of nitrogens with zero attached hydrogens (tertiary/aromatic N) is 2. The number of halogens is 1. The fraction of sp³-hybridized carbons (Fsp3) is 0.545. The van der Waals surface area contributed by atoms with Gasteiger partial charge in [0, 0.05) is 34.4 Å². The van der Waals surface area contributed by atoms with Crippen molar-refractivity contribution < 1.29 is 9.13 Å². The van der Waals surface area contributed by atoms with Crippen molar-refractivity contribution in [1.82, 2.24) is 4.98 Å². The molecule has 19 heavy (non-hydrogen) atoms. The summed E-state index contributed by atoms with van der Waals surface area (Å²) in [7, 11) is -0.825. The first-order valence-corrected chi connectivity index (χ1v) is 8.21. The fourth-order valence-electron chi connectivity index (χ4n) is 1.50. The highest BCUT2D eigenvalue weighted by Crippen LogP contribution is 2.30. The summed E-state index contributed by atoms with van der Waals surface area (Å²) in [5, 5.41) is 13.9. The van der Waals surface area contributed by atoms with Crippen molar-refractivity contribution in [1.29, 1.82) is 0 Å². The molecule has 1 aromatic heterocycles. The molecule has 106 valence electrons. The van der Waals surface area contributed by atoms with Gasteiger partial charge in [-0.15, -0.1) is 0 Å². The number of aromatic nitrogens is 1. The summed E-state index contributed by atoms with van der Waals surface area (Å²) in [4.78, 5) is 14.4. The lowest BCUT2D eigenvalue weighted by molar-refractivity contribution is -0.385. The SMILES string of the molecule is Cc1c([N+](=O)[O-])cnc(NC(C)CCS(C)=O)c1Br. The first-order valence-electron chi connectivity index (χ1n) is 5.69. The lowest BCUT2D eigenvalue weighted by Crippen LogP contribution is -2.19. The molecule has 1 N–H and O–H groups in total. The summed E-state index contributed by atoms with van der Waals surface area (Å²) in [6, 6.07) is 0.0913. The van der Waals surface area contributed by atoms with Crippen molar-refractivity contribution in [3.63, 3.8) is 0 Å². The van der Waals surface area contributed by atoms with Crippen LogP contribution in [-0.4, -0.2) is 32.2 Å². The van der Waals surface area contributed by atoms with Crippen molar-refractivity contribution in [2.75, 3.05) is 17.3 Å². The normalized spacial score (nSPS) is 13.9. The van der Waals surface area contributed by atoms with Crippen molar-refractivity contribution in [3.05, 3.63) is 26.3 Å². The van der Waals surface area contributed by atoms with E-state index in [0.717, 1.165) is 6.42 Å². The van der Waals surface area contributed by atoms with Crippen LogP contribution in [0.5, 0.6) is 0 Å². The number of pyridine rings is 1. The lowest BCUT2D eigenvalue weighted by atomic mass is 10.2. The Hall–Kier alpha value is -1.02. The number of nitro groups is 1. The largest absolute Gasteiger partial charge is 0.367 e. The minimum absolute atomic E-state index is 0.0141. The maximum Gasteiger partial charge on any atom is 0.291 e. The van der Waals surface area contributed by atoms with Gasteiger partial charge in [-0.1, -0.05) is 0 Å². The molecule has 0 spiro atoms. The predicted molar refractivity (Wildman–Crippen MR) is 80.0 cm³/mol. The Bertz CT molecular complexity index is 510. The van der Waals surface area contributed by atoms with E-state index in [2.05, 4.69) is 26.2 Å². The second-order valence-corrected chi connectivity index (χ2v) is 6.65. The minimum Gasteiger partial charge on any atom is -0.367 e. The van der Waals surface area contributed by atoms with Gasteiger partial charge in [0.25, 0.3) is 5.69 Å². The summed E-state index contributed by atoms with van der Waals surface area (Å²) in [5.41, 5.74) is 0.522. The Morgan fingerprint density at radius 1 is 1.63 bits per heavy atom. The Labute approximate surface area is 122 Å². The highest BCUT2D eigenvalue weighted by atomic mass is 79.9. The first kappa shape index (κ1) is 16.0. The third kappa shape index (κ3) is 4.54. The molecule has 0 amide bonds. The van der Waals surface area contributed by atoms with Crippen molar-refractivity contribution in [2.24, 2.45) is 0 Å². The van der Waals surface area contributed by atoms with E-state index < -0.39 is 15.7 Å². The quantitative estimate of drug-likeness (QED) is 0.630. The molecule has 0 aliphatic rings. The van der Waals surface area contributed by atoms with Crippen molar-refractivity contribution in [3.8, 4) is 0 Å². The molecule has 1 rings (SSSR count). The summed E-state index contributed by atoms with van der Waals surface area (Å²) in [6.07, 6.45) is 3.65. The zero-order valence-corrected chi connectivity index (χ0v) is 13.4. The smallest absolute Gasteiger partial charge is 0.291 e. The third-order valence-corrected chi connectivity index (χ3v) is 4.44. The molecular weight excluding hydrogens is 334 g/mol. The summed E-state index contributed by atoms with van der Waals surface area (Å²) >= 11 is 3.32. The first-order chi connectivity index (χ1) is 8.82. The van der Waals surface area contributed by atoms with Crippen LogP contribution in [0.1, 0.15) is 18.9 Å². The number of anilines is 1. The third-order valence-electron chi connectivity index (χ3n) is 2.66. The van der Waals surface area contributed by atoms with Gasteiger partial charge in [-0.25, -0.2) is 4.98 Å². The van der Waals surface area contributed by atoms with Gasteiger partial charge in [0.1, 0.15) is 12.0 Å². The monoisotopic (exact) mass is 349 g/mol. The molecule has 0 radical (unpaired) electrons. The number of nitrogens with one attached hydrogen (secondary N) is 1. The zero-order chi connectivity index (χ0) is 14.6. The fourth-order valence-corrected chi connectivity index (χ4v) is 2.61. The molecule has 1 heterocycles. The molecule has 0 aliphatic heterocycles. The molecule has 0 saturated heterocycles. The molecular formula is C11H16BrN3O3S. The average Bonchev–Trinajstić information content (AvgIpc) is 2.32. The van der Waals surface area contributed by atoms with E-state index in [9.17, 15) is 14.3 Å². The van der Waals surface area contributed by atoms with Crippen LogP contribution in [0.2, 0.25) is 0 Å². The Morgan fingerprint density at radius 2 is 2.26 bits per heavy atom. The predicted octanol–water partition coefficient (Wildman–Crippen LogP) is 2.63. The summed E-state index contributed by atoms with van der Waals surface area (Å²) in [5.74, 6) is 1.18. The van der Waals surface area contributed by atoms with E-state index >= 15 is 0 Å². The van der Waals surface area contributed by atoms with Gasteiger partial charge in [-0.2, -0.15) is 0 Å². The van der Waals surface area contributed by atoms with Crippen molar-refractivity contribution >= 4 is 38.2 Å². The van der Waals surface area contributed by atoms with Crippen LogP contribution < -0.4 is 5.32 Å². The second kappa shape index (κ2) is 6.95. The van der Waals surface area contributed by atoms with E-state index in [4.69, 9.17) is 0 Å². The van der Waals surface area contributed by atoms with E-state index in [1.165, 1.54) is 6.20 Å². The molecule has 0 saturated carbocycles. The van der Waals surface area contributed by atoms with Crippen LogP contribution in [-0.2, 0) is 10.8 Å². The molecule has 0 aromatic carbocycles. The minimum atomic E-state index is -0.825. The lowest BCUT2D eigenvalue weighted by Gasteiger charge is -2.15.